The Morgan fingerprint density at radius 3 is 1.39 bits per heavy atom. The van der Waals surface area contributed by atoms with Crippen molar-refractivity contribution in [2.45, 2.75) is 90.4 Å². The van der Waals surface area contributed by atoms with Crippen molar-refractivity contribution in [3.63, 3.8) is 0 Å². The molecule has 1 radical (unpaired) electrons. The van der Waals surface area contributed by atoms with Gasteiger partial charge in [0.1, 0.15) is 0 Å². The van der Waals surface area contributed by atoms with Crippen molar-refractivity contribution in [3.8, 4) is 0 Å². The van der Waals surface area contributed by atoms with Gasteiger partial charge >= 0.3 is 0 Å². The van der Waals surface area contributed by atoms with E-state index in [-0.39, 0.29) is 0 Å². The second-order valence-corrected chi connectivity index (χ2v) is 5.29. The fraction of sp³-hybridized carbons (Fsp3) is 0.941. The summed E-state index contributed by atoms with van der Waals surface area (Å²) in [5.74, 6) is 0. The fourth-order valence-electron chi connectivity index (χ4n) is 2.29. The molecule has 0 aliphatic rings. The molecule has 0 atom stereocenters. The summed E-state index contributed by atoms with van der Waals surface area (Å²) in [6, 6.07) is 0. The standard InChI is InChI=1S/C17H35O/c1-3-5-6-7-8-9-10-11-12-13-14-15-16-17-18-4-2/h1,3-17H2,2H3. The van der Waals surface area contributed by atoms with Crippen molar-refractivity contribution < 1.29 is 4.74 Å². The summed E-state index contributed by atoms with van der Waals surface area (Å²) in [5.41, 5.74) is 0. The summed E-state index contributed by atoms with van der Waals surface area (Å²) >= 11 is 0. The molecule has 0 fully saturated rings. The van der Waals surface area contributed by atoms with Gasteiger partial charge in [0, 0.05) is 13.2 Å². The second-order valence-electron chi connectivity index (χ2n) is 5.29. The first-order valence-electron chi connectivity index (χ1n) is 8.28. The molecule has 0 unspecified atom stereocenters. The minimum Gasteiger partial charge on any atom is -0.382 e. The Morgan fingerprint density at radius 2 is 1.00 bits per heavy atom. The molecule has 1 nitrogen and oxygen atoms in total. The molecule has 0 aromatic rings. The SMILES string of the molecule is [CH2]CCCCCCCCCCCCCCOCC. The zero-order valence-corrected chi connectivity index (χ0v) is 12.7. The van der Waals surface area contributed by atoms with Gasteiger partial charge in [-0.1, -0.05) is 84.0 Å². The molecule has 0 bridgehead atoms. The molecule has 0 N–H and O–H groups in total. The van der Waals surface area contributed by atoms with E-state index in [1.54, 1.807) is 0 Å². The Morgan fingerprint density at radius 1 is 0.611 bits per heavy atom. The monoisotopic (exact) mass is 255 g/mol. The van der Waals surface area contributed by atoms with Crippen molar-refractivity contribution >= 4 is 0 Å². The van der Waals surface area contributed by atoms with E-state index < -0.39 is 0 Å². The molecule has 0 aliphatic carbocycles. The van der Waals surface area contributed by atoms with Crippen molar-refractivity contribution in [3.05, 3.63) is 6.92 Å². The van der Waals surface area contributed by atoms with Crippen LogP contribution in [-0.2, 0) is 4.74 Å². The van der Waals surface area contributed by atoms with E-state index in [0.29, 0.717) is 0 Å². The van der Waals surface area contributed by atoms with E-state index in [0.717, 1.165) is 19.6 Å². The molecule has 0 saturated carbocycles. The zero-order chi connectivity index (χ0) is 13.3. The van der Waals surface area contributed by atoms with Crippen LogP contribution in [0.25, 0.3) is 0 Å². The fourth-order valence-corrected chi connectivity index (χ4v) is 2.29. The molecule has 0 heterocycles. The molecule has 0 aromatic carbocycles. The maximum atomic E-state index is 5.33. The van der Waals surface area contributed by atoms with Crippen LogP contribution in [0.5, 0.6) is 0 Å². The third kappa shape index (κ3) is 16.0. The smallest absolute Gasteiger partial charge is 0.0465 e. The predicted octanol–water partition coefficient (Wildman–Crippen LogP) is 5.93. The van der Waals surface area contributed by atoms with Crippen molar-refractivity contribution in [1.82, 2.24) is 0 Å². The van der Waals surface area contributed by atoms with Gasteiger partial charge in [0.05, 0.1) is 0 Å². The normalized spacial score (nSPS) is 11.0. The maximum absolute atomic E-state index is 5.33. The zero-order valence-electron chi connectivity index (χ0n) is 12.7. The van der Waals surface area contributed by atoms with Gasteiger partial charge in [0.2, 0.25) is 0 Å². The molecule has 0 amide bonds. The number of hydrogen-bond acceptors (Lipinski definition) is 1. The first kappa shape index (κ1) is 18.0. The van der Waals surface area contributed by atoms with E-state index in [4.69, 9.17) is 4.74 Å². The van der Waals surface area contributed by atoms with E-state index in [9.17, 15) is 0 Å². The van der Waals surface area contributed by atoms with Crippen LogP contribution < -0.4 is 0 Å². The maximum Gasteiger partial charge on any atom is 0.0465 e. The first-order valence-corrected chi connectivity index (χ1v) is 8.28. The number of unbranched alkanes of at least 4 members (excludes halogenated alkanes) is 12. The van der Waals surface area contributed by atoms with E-state index >= 15 is 0 Å². The molecule has 0 aromatic heterocycles. The molecular formula is C17H35O. The van der Waals surface area contributed by atoms with Crippen LogP contribution in [0.4, 0.5) is 0 Å². The van der Waals surface area contributed by atoms with Gasteiger partial charge in [-0.3, -0.25) is 0 Å². The van der Waals surface area contributed by atoms with Crippen LogP contribution in [0.3, 0.4) is 0 Å². The highest BCUT2D eigenvalue weighted by Gasteiger charge is 1.93. The van der Waals surface area contributed by atoms with Gasteiger partial charge in [0.25, 0.3) is 0 Å². The third-order valence-electron chi connectivity index (χ3n) is 3.49. The first-order chi connectivity index (χ1) is 8.91. The summed E-state index contributed by atoms with van der Waals surface area (Å²) in [7, 11) is 0. The average Bonchev–Trinajstić information content (AvgIpc) is 2.39. The molecule has 0 saturated heterocycles. The largest absolute Gasteiger partial charge is 0.382 e. The lowest BCUT2D eigenvalue weighted by Crippen LogP contribution is -1.92. The third-order valence-corrected chi connectivity index (χ3v) is 3.49. The van der Waals surface area contributed by atoms with Gasteiger partial charge < -0.3 is 4.74 Å². The quantitative estimate of drug-likeness (QED) is 0.330. The van der Waals surface area contributed by atoms with Gasteiger partial charge in [-0.25, -0.2) is 0 Å². The van der Waals surface area contributed by atoms with Crippen molar-refractivity contribution in [2.24, 2.45) is 0 Å². The molecule has 18 heavy (non-hydrogen) atoms. The van der Waals surface area contributed by atoms with Crippen LogP contribution in [0.15, 0.2) is 0 Å². The minimum atomic E-state index is 0.870. The molecule has 0 rings (SSSR count). The van der Waals surface area contributed by atoms with Gasteiger partial charge in [-0.05, 0) is 13.3 Å². The lowest BCUT2D eigenvalue weighted by atomic mass is 10.0. The van der Waals surface area contributed by atoms with Crippen LogP contribution in [-0.4, -0.2) is 13.2 Å². The summed E-state index contributed by atoms with van der Waals surface area (Å²) in [4.78, 5) is 0. The van der Waals surface area contributed by atoms with Crippen LogP contribution in [0.1, 0.15) is 90.4 Å². The van der Waals surface area contributed by atoms with E-state index in [1.807, 2.05) is 0 Å². The molecular weight excluding hydrogens is 220 g/mol. The summed E-state index contributed by atoms with van der Waals surface area (Å²) in [6.45, 7) is 7.78. The molecule has 109 valence electrons. The Kier molecular flexibility index (Phi) is 16.9. The molecule has 0 aliphatic heterocycles. The minimum absolute atomic E-state index is 0.870. The average molecular weight is 255 g/mol. The molecule has 1 heteroatoms. The van der Waals surface area contributed by atoms with E-state index in [1.165, 1.54) is 77.0 Å². The highest BCUT2D eigenvalue weighted by Crippen LogP contribution is 2.12. The lowest BCUT2D eigenvalue weighted by Gasteiger charge is -2.03. The lowest BCUT2D eigenvalue weighted by molar-refractivity contribution is 0.143. The van der Waals surface area contributed by atoms with Crippen LogP contribution >= 0.6 is 0 Å². The van der Waals surface area contributed by atoms with Gasteiger partial charge in [0.15, 0.2) is 0 Å². The second kappa shape index (κ2) is 17.0. The summed E-state index contributed by atoms with van der Waals surface area (Å²) in [6.07, 6.45) is 17.9. The number of hydrogen-bond donors (Lipinski definition) is 0. The Bertz CT molecular complexity index is 118. The molecule has 0 spiro atoms. The van der Waals surface area contributed by atoms with E-state index in [2.05, 4.69) is 13.8 Å². The highest BCUT2D eigenvalue weighted by molar-refractivity contribution is 4.49. The topological polar surface area (TPSA) is 9.23 Å². The van der Waals surface area contributed by atoms with Gasteiger partial charge in [-0.2, -0.15) is 0 Å². The summed E-state index contributed by atoms with van der Waals surface area (Å²) in [5, 5.41) is 0. The summed E-state index contributed by atoms with van der Waals surface area (Å²) < 4.78 is 5.33. The Hall–Kier alpha value is -0.0400. The number of rotatable bonds is 15. The predicted molar refractivity (Wildman–Crippen MR) is 81.9 cm³/mol. The van der Waals surface area contributed by atoms with Crippen molar-refractivity contribution in [2.75, 3.05) is 13.2 Å². The van der Waals surface area contributed by atoms with Crippen LogP contribution in [0.2, 0.25) is 0 Å². The highest BCUT2D eigenvalue weighted by atomic mass is 16.5. The van der Waals surface area contributed by atoms with Crippen LogP contribution in [0, 0.1) is 6.92 Å². The van der Waals surface area contributed by atoms with Crippen molar-refractivity contribution in [1.29, 1.82) is 0 Å². The Balaban J connectivity index is 2.86. The number of ether oxygens (including phenoxy) is 1. The van der Waals surface area contributed by atoms with Gasteiger partial charge in [-0.15, -0.1) is 0 Å². The Labute approximate surface area is 116 Å².